The first-order valence-electron chi connectivity index (χ1n) is 9.95. The second-order valence-corrected chi connectivity index (χ2v) is 7.41. The Hall–Kier alpha value is -4.59. The van der Waals surface area contributed by atoms with E-state index in [1.807, 2.05) is 72.8 Å². The molecule has 5 rings (SSSR count). The van der Waals surface area contributed by atoms with Crippen molar-refractivity contribution in [3.05, 3.63) is 94.8 Å². The molecule has 0 radical (unpaired) electrons. The van der Waals surface area contributed by atoms with E-state index >= 15 is 0 Å². The van der Waals surface area contributed by atoms with Gasteiger partial charge in [0.1, 0.15) is 5.65 Å². The summed E-state index contributed by atoms with van der Waals surface area (Å²) in [6.45, 7) is 0. The van der Waals surface area contributed by atoms with Crippen molar-refractivity contribution in [1.82, 2.24) is 14.2 Å². The molecule has 2 aromatic heterocycles. The Labute approximate surface area is 182 Å². The molecule has 3 aromatic carbocycles. The topological polar surface area (TPSA) is 114 Å². The number of fused-ring (bicyclic) bond motifs is 3. The molecule has 3 N–H and O–H groups in total. The maximum absolute atomic E-state index is 13.0. The van der Waals surface area contributed by atoms with Gasteiger partial charge in [0, 0.05) is 24.2 Å². The quantitative estimate of drug-likeness (QED) is 0.150. The molecule has 0 bridgehead atoms. The number of hydrogen-bond acceptors (Lipinski definition) is 5. The molecule has 5 aromatic rings. The van der Waals surface area contributed by atoms with Crippen LogP contribution >= 0.6 is 0 Å². The first-order chi connectivity index (χ1) is 15.6. The Morgan fingerprint density at radius 1 is 0.938 bits per heavy atom. The second kappa shape index (κ2) is 7.59. The molecule has 0 spiro atoms. The van der Waals surface area contributed by atoms with Crippen LogP contribution in [0.3, 0.4) is 0 Å². The zero-order chi connectivity index (χ0) is 22.2. The van der Waals surface area contributed by atoms with Gasteiger partial charge in [0.15, 0.2) is 5.84 Å². The van der Waals surface area contributed by atoms with Crippen LogP contribution in [0, 0.1) is 5.53 Å². The first-order valence-corrected chi connectivity index (χ1v) is 9.95. The Morgan fingerprint density at radius 3 is 2.44 bits per heavy atom. The average molecular weight is 421 g/mol. The number of nitrogens with zero attached hydrogens (tertiary/aromatic N) is 5. The summed E-state index contributed by atoms with van der Waals surface area (Å²) in [6, 6.07) is 24.9. The van der Waals surface area contributed by atoms with Crippen LogP contribution in [0.25, 0.3) is 38.9 Å². The van der Waals surface area contributed by atoms with Gasteiger partial charge in [-0.1, -0.05) is 54.6 Å². The Balaban J connectivity index is 1.75. The third-order valence-corrected chi connectivity index (χ3v) is 5.55. The van der Waals surface area contributed by atoms with Crippen molar-refractivity contribution < 1.29 is 0 Å². The zero-order valence-electron chi connectivity index (χ0n) is 17.2. The fourth-order valence-electron chi connectivity index (χ4n) is 3.90. The summed E-state index contributed by atoms with van der Waals surface area (Å²) in [5, 5.41) is 12.3. The zero-order valence-corrected chi connectivity index (χ0v) is 17.2. The lowest BCUT2D eigenvalue weighted by Gasteiger charge is -2.09. The SMILES string of the molecule is Cn1c(=O)c2ccc(-c3cccc(/C(N=N)=N/N)c3)cc2n2nc(-c3ccccc3)cc12. The van der Waals surface area contributed by atoms with E-state index in [-0.39, 0.29) is 11.4 Å². The summed E-state index contributed by atoms with van der Waals surface area (Å²) in [6.07, 6.45) is 0. The molecule has 0 fully saturated rings. The van der Waals surface area contributed by atoms with Crippen molar-refractivity contribution in [3.8, 4) is 22.4 Å². The minimum absolute atomic E-state index is 0.0853. The standard InChI is InChI=1S/C24H19N7O/c1-30-22-14-20(15-6-3-2-4-7-15)29-31(22)21-13-17(10-11-19(21)24(30)32)16-8-5-9-18(12-16)23(27-25)28-26/h2-14,25H,26H2,1H3/b27-25?,28-23-. The molecule has 0 unspecified atom stereocenters. The Morgan fingerprint density at radius 2 is 1.69 bits per heavy atom. The normalized spacial score (nSPS) is 11.8. The number of hydrogen-bond donors (Lipinski definition) is 2. The monoisotopic (exact) mass is 421 g/mol. The molecule has 0 saturated carbocycles. The highest BCUT2D eigenvalue weighted by Crippen LogP contribution is 2.26. The summed E-state index contributed by atoms with van der Waals surface area (Å²) in [7, 11) is 1.75. The van der Waals surface area contributed by atoms with Crippen LogP contribution in [0.4, 0.5) is 0 Å². The lowest BCUT2D eigenvalue weighted by Crippen LogP contribution is -2.19. The number of aromatic nitrogens is 3. The third kappa shape index (κ3) is 3.05. The number of nitrogens with one attached hydrogen (secondary N) is 1. The predicted octanol–water partition coefficient (Wildman–Crippen LogP) is 4.17. The van der Waals surface area contributed by atoms with Gasteiger partial charge in [0.2, 0.25) is 0 Å². The van der Waals surface area contributed by atoms with E-state index in [1.54, 1.807) is 22.2 Å². The number of aryl methyl sites for hydroxylation is 1. The molecule has 8 nitrogen and oxygen atoms in total. The van der Waals surface area contributed by atoms with Gasteiger partial charge in [-0.05, 0) is 29.3 Å². The summed E-state index contributed by atoms with van der Waals surface area (Å²) in [5.74, 6) is 5.49. The van der Waals surface area contributed by atoms with Crippen molar-refractivity contribution in [1.29, 1.82) is 5.53 Å². The van der Waals surface area contributed by atoms with E-state index in [0.717, 1.165) is 22.4 Å². The van der Waals surface area contributed by atoms with Crippen molar-refractivity contribution in [2.45, 2.75) is 0 Å². The molecular formula is C24H19N7O. The minimum atomic E-state index is -0.0853. The summed E-state index contributed by atoms with van der Waals surface area (Å²) in [4.78, 5) is 13.0. The highest BCUT2D eigenvalue weighted by atomic mass is 16.1. The van der Waals surface area contributed by atoms with Gasteiger partial charge in [-0.2, -0.15) is 10.2 Å². The molecule has 0 amide bonds. The van der Waals surface area contributed by atoms with Crippen LogP contribution in [0.1, 0.15) is 5.56 Å². The molecular weight excluding hydrogens is 402 g/mol. The van der Waals surface area contributed by atoms with E-state index in [2.05, 4.69) is 10.2 Å². The fourth-order valence-corrected chi connectivity index (χ4v) is 3.90. The van der Waals surface area contributed by atoms with Crippen LogP contribution in [0.5, 0.6) is 0 Å². The molecule has 32 heavy (non-hydrogen) atoms. The van der Waals surface area contributed by atoms with Crippen LogP contribution in [0.2, 0.25) is 0 Å². The highest BCUT2D eigenvalue weighted by Gasteiger charge is 2.14. The average Bonchev–Trinajstić information content (AvgIpc) is 3.30. The third-order valence-electron chi connectivity index (χ3n) is 5.55. The van der Waals surface area contributed by atoms with Gasteiger partial charge in [-0.25, -0.2) is 10.0 Å². The van der Waals surface area contributed by atoms with Gasteiger partial charge in [0.25, 0.3) is 5.56 Å². The lowest BCUT2D eigenvalue weighted by molar-refractivity contribution is 0.850. The van der Waals surface area contributed by atoms with Gasteiger partial charge in [0.05, 0.1) is 16.6 Å². The Bertz CT molecular complexity index is 1580. The molecule has 0 aliphatic rings. The van der Waals surface area contributed by atoms with E-state index < -0.39 is 0 Å². The number of amidine groups is 1. The van der Waals surface area contributed by atoms with Crippen LogP contribution < -0.4 is 11.4 Å². The maximum Gasteiger partial charge on any atom is 0.261 e. The van der Waals surface area contributed by atoms with E-state index in [1.165, 1.54) is 0 Å². The fraction of sp³-hybridized carbons (Fsp3) is 0.0417. The number of rotatable bonds is 3. The van der Waals surface area contributed by atoms with E-state index in [0.29, 0.717) is 22.1 Å². The number of benzene rings is 3. The van der Waals surface area contributed by atoms with Crippen molar-refractivity contribution >= 4 is 22.4 Å². The second-order valence-electron chi connectivity index (χ2n) is 7.41. The van der Waals surface area contributed by atoms with Gasteiger partial charge >= 0.3 is 0 Å². The number of nitrogens with two attached hydrogens (primary N) is 1. The minimum Gasteiger partial charge on any atom is -0.321 e. The summed E-state index contributed by atoms with van der Waals surface area (Å²) in [5.41, 5.74) is 12.8. The highest BCUT2D eigenvalue weighted by molar-refractivity contribution is 6.00. The Kier molecular flexibility index (Phi) is 4.59. The van der Waals surface area contributed by atoms with E-state index in [9.17, 15) is 4.79 Å². The molecule has 156 valence electrons. The first kappa shape index (κ1) is 19.4. The van der Waals surface area contributed by atoms with Crippen molar-refractivity contribution in [3.63, 3.8) is 0 Å². The molecule has 0 aliphatic carbocycles. The van der Waals surface area contributed by atoms with Crippen LogP contribution in [0.15, 0.2) is 93.9 Å². The van der Waals surface area contributed by atoms with Crippen LogP contribution in [-0.4, -0.2) is 20.0 Å². The van der Waals surface area contributed by atoms with Gasteiger partial charge < -0.3 is 5.84 Å². The van der Waals surface area contributed by atoms with Gasteiger partial charge in [-0.3, -0.25) is 9.36 Å². The molecule has 2 heterocycles. The largest absolute Gasteiger partial charge is 0.321 e. The molecule has 0 atom stereocenters. The smallest absolute Gasteiger partial charge is 0.261 e. The van der Waals surface area contributed by atoms with Crippen molar-refractivity contribution in [2.24, 2.45) is 23.1 Å². The number of hydrazone groups is 1. The molecule has 8 heteroatoms. The molecule has 0 saturated heterocycles. The molecule has 0 aliphatic heterocycles. The van der Waals surface area contributed by atoms with Crippen LogP contribution in [-0.2, 0) is 7.05 Å². The lowest BCUT2D eigenvalue weighted by atomic mass is 10.0. The van der Waals surface area contributed by atoms with Crippen molar-refractivity contribution in [2.75, 3.05) is 0 Å². The van der Waals surface area contributed by atoms with E-state index in [4.69, 9.17) is 16.5 Å². The predicted molar refractivity (Wildman–Crippen MR) is 125 cm³/mol. The maximum atomic E-state index is 13.0. The van der Waals surface area contributed by atoms with Gasteiger partial charge in [-0.15, -0.1) is 5.11 Å². The summed E-state index contributed by atoms with van der Waals surface area (Å²) < 4.78 is 3.42. The summed E-state index contributed by atoms with van der Waals surface area (Å²) >= 11 is 0.